The van der Waals surface area contributed by atoms with E-state index >= 15 is 0 Å². The number of aromatic nitrogens is 2. The maximum absolute atomic E-state index is 12.1. The monoisotopic (exact) mass is 322 g/mol. The lowest BCUT2D eigenvalue weighted by Gasteiger charge is -2.32. The third-order valence-electron chi connectivity index (χ3n) is 3.56. The minimum atomic E-state index is 0. The number of hydrogen-bond acceptors (Lipinski definition) is 3. The lowest BCUT2D eigenvalue weighted by Crippen LogP contribution is -2.40. The molecule has 5 nitrogen and oxygen atoms in total. The highest BCUT2D eigenvalue weighted by Gasteiger charge is 2.22. The molecule has 7 heteroatoms. The number of nitrogens with zero attached hydrogens (tertiary/aromatic N) is 3. The smallest absolute Gasteiger partial charge is 0.224 e. The first kappa shape index (κ1) is 19.2. The Hall–Kier alpha value is -0.780. The largest absolute Gasteiger partial charge is 0.342 e. The van der Waals surface area contributed by atoms with E-state index in [2.05, 4.69) is 5.10 Å². The average molecular weight is 323 g/mol. The predicted molar refractivity (Wildman–Crippen MR) is 84.3 cm³/mol. The van der Waals surface area contributed by atoms with Crippen molar-refractivity contribution in [3.05, 3.63) is 18.5 Å². The Bertz CT molecular complexity index is 370. The lowest BCUT2D eigenvalue weighted by molar-refractivity contribution is -0.133. The van der Waals surface area contributed by atoms with Crippen LogP contribution in [0.4, 0.5) is 0 Å². The third kappa shape index (κ3) is 5.69. The Kier molecular flexibility index (Phi) is 9.63. The number of likely N-dealkylation sites (tertiary alicyclic amines) is 1. The van der Waals surface area contributed by atoms with Crippen molar-refractivity contribution in [2.24, 2.45) is 11.7 Å². The molecule has 1 amide bonds. The van der Waals surface area contributed by atoms with Gasteiger partial charge in [0.2, 0.25) is 5.91 Å². The Morgan fingerprint density at radius 1 is 1.40 bits per heavy atom. The number of aryl methyl sites for hydroxylation is 1. The van der Waals surface area contributed by atoms with Gasteiger partial charge in [-0.2, -0.15) is 5.10 Å². The van der Waals surface area contributed by atoms with Crippen LogP contribution in [0.1, 0.15) is 25.7 Å². The third-order valence-corrected chi connectivity index (χ3v) is 3.56. The van der Waals surface area contributed by atoms with Crippen LogP contribution >= 0.6 is 24.8 Å². The van der Waals surface area contributed by atoms with Crippen LogP contribution in [0.15, 0.2) is 18.5 Å². The normalized spacial score (nSPS) is 18.1. The molecule has 0 aromatic carbocycles. The van der Waals surface area contributed by atoms with E-state index in [1.807, 2.05) is 17.2 Å². The van der Waals surface area contributed by atoms with Crippen LogP contribution in [0, 0.1) is 5.92 Å². The average Bonchev–Trinajstić information content (AvgIpc) is 2.90. The highest BCUT2D eigenvalue weighted by atomic mass is 35.5. The first-order valence-electron chi connectivity index (χ1n) is 6.75. The van der Waals surface area contributed by atoms with E-state index in [9.17, 15) is 4.79 Å². The van der Waals surface area contributed by atoms with Crippen LogP contribution < -0.4 is 5.73 Å². The molecule has 1 aliphatic heterocycles. The topological polar surface area (TPSA) is 64.2 Å². The number of rotatable bonds is 5. The van der Waals surface area contributed by atoms with Crippen LogP contribution in [-0.2, 0) is 11.3 Å². The Labute approximate surface area is 132 Å². The number of halogens is 2. The number of amides is 1. The van der Waals surface area contributed by atoms with Crippen molar-refractivity contribution >= 4 is 30.7 Å². The van der Waals surface area contributed by atoms with Crippen molar-refractivity contribution in [3.63, 3.8) is 0 Å². The Morgan fingerprint density at radius 2 is 2.20 bits per heavy atom. The lowest BCUT2D eigenvalue weighted by atomic mass is 9.94. The number of piperidine rings is 1. The molecule has 1 fully saturated rings. The van der Waals surface area contributed by atoms with Gasteiger partial charge in [-0.05, 0) is 37.8 Å². The van der Waals surface area contributed by atoms with Crippen LogP contribution in [-0.4, -0.2) is 40.2 Å². The van der Waals surface area contributed by atoms with Crippen LogP contribution in [0.3, 0.4) is 0 Å². The first-order chi connectivity index (χ1) is 8.79. The fourth-order valence-electron chi connectivity index (χ4n) is 2.56. The molecule has 20 heavy (non-hydrogen) atoms. The standard InChI is InChI=1S/C13H22N4O.2ClH/c14-6-4-12-3-1-8-16(11-12)13(18)5-10-17-9-2-7-15-17;;/h2,7,9,12H,1,3-6,8,10-11,14H2;2*1H. The molecule has 0 spiro atoms. The molecular weight excluding hydrogens is 299 g/mol. The fraction of sp³-hybridized carbons (Fsp3) is 0.692. The van der Waals surface area contributed by atoms with Crippen molar-refractivity contribution in [2.75, 3.05) is 19.6 Å². The number of nitrogens with two attached hydrogens (primary N) is 1. The van der Waals surface area contributed by atoms with Gasteiger partial charge < -0.3 is 10.6 Å². The van der Waals surface area contributed by atoms with Gasteiger partial charge in [0.15, 0.2) is 0 Å². The van der Waals surface area contributed by atoms with Crippen molar-refractivity contribution in [3.8, 4) is 0 Å². The number of carbonyl (C=O) groups excluding carboxylic acids is 1. The minimum Gasteiger partial charge on any atom is -0.342 e. The van der Waals surface area contributed by atoms with Crippen molar-refractivity contribution in [1.29, 1.82) is 0 Å². The Morgan fingerprint density at radius 3 is 2.85 bits per heavy atom. The van der Waals surface area contributed by atoms with Crippen LogP contribution in [0.25, 0.3) is 0 Å². The molecule has 1 aromatic rings. The summed E-state index contributed by atoms with van der Waals surface area (Å²) in [5.41, 5.74) is 5.59. The van der Waals surface area contributed by atoms with E-state index in [4.69, 9.17) is 5.73 Å². The zero-order valence-corrected chi connectivity index (χ0v) is 13.2. The first-order valence-corrected chi connectivity index (χ1v) is 6.75. The molecule has 0 saturated carbocycles. The zero-order chi connectivity index (χ0) is 12.8. The van der Waals surface area contributed by atoms with Gasteiger partial charge >= 0.3 is 0 Å². The van der Waals surface area contributed by atoms with Gasteiger partial charge in [0, 0.05) is 38.4 Å². The van der Waals surface area contributed by atoms with Gasteiger partial charge in [0.25, 0.3) is 0 Å². The van der Waals surface area contributed by atoms with Crippen LogP contribution in [0.2, 0.25) is 0 Å². The summed E-state index contributed by atoms with van der Waals surface area (Å²) in [5.74, 6) is 0.838. The second-order valence-corrected chi connectivity index (χ2v) is 4.94. The van der Waals surface area contributed by atoms with Crippen molar-refractivity contribution < 1.29 is 4.79 Å². The number of carbonyl (C=O) groups is 1. The molecule has 2 N–H and O–H groups in total. The van der Waals surface area contributed by atoms with Gasteiger partial charge in [-0.15, -0.1) is 24.8 Å². The molecule has 0 bridgehead atoms. The molecular formula is C13H24Cl2N4O. The van der Waals surface area contributed by atoms with Gasteiger partial charge in [0.1, 0.15) is 0 Å². The van der Waals surface area contributed by atoms with E-state index in [-0.39, 0.29) is 30.7 Å². The van der Waals surface area contributed by atoms with Crippen molar-refractivity contribution in [2.45, 2.75) is 32.2 Å². The molecule has 0 aliphatic carbocycles. The highest BCUT2D eigenvalue weighted by molar-refractivity contribution is 5.85. The minimum absolute atomic E-state index is 0. The molecule has 0 radical (unpaired) electrons. The summed E-state index contributed by atoms with van der Waals surface area (Å²) in [6, 6.07) is 1.88. The van der Waals surface area contributed by atoms with E-state index < -0.39 is 0 Å². The fourth-order valence-corrected chi connectivity index (χ4v) is 2.56. The summed E-state index contributed by atoms with van der Waals surface area (Å²) in [6.07, 6.45) is 7.52. The summed E-state index contributed by atoms with van der Waals surface area (Å²) >= 11 is 0. The molecule has 1 atom stereocenters. The Balaban J connectivity index is 0.00000180. The molecule has 1 aliphatic rings. The van der Waals surface area contributed by atoms with Gasteiger partial charge in [-0.3, -0.25) is 9.48 Å². The highest BCUT2D eigenvalue weighted by Crippen LogP contribution is 2.19. The number of hydrogen-bond donors (Lipinski definition) is 1. The zero-order valence-electron chi connectivity index (χ0n) is 11.6. The molecule has 1 aromatic heterocycles. The van der Waals surface area contributed by atoms with E-state index in [0.29, 0.717) is 18.9 Å². The van der Waals surface area contributed by atoms with Crippen molar-refractivity contribution in [1.82, 2.24) is 14.7 Å². The van der Waals surface area contributed by atoms with Crippen LogP contribution in [0.5, 0.6) is 0 Å². The molecule has 2 rings (SSSR count). The predicted octanol–water partition coefficient (Wildman–Crippen LogP) is 1.70. The summed E-state index contributed by atoms with van der Waals surface area (Å²) in [6.45, 7) is 3.18. The van der Waals surface area contributed by atoms with E-state index in [1.54, 1.807) is 10.9 Å². The van der Waals surface area contributed by atoms with E-state index in [1.165, 1.54) is 6.42 Å². The summed E-state index contributed by atoms with van der Waals surface area (Å²) in [7, 11) is 0. The maximum atomic E-state index is 12.1. The van der Waals surface area contributed by atoms with Gasteiger partial charge in [-0.1, -0.05) is 0 Å². The summed E-state index contributed by atoms with van der Waals surface area (Å²) in [5, 5.41) is 4.11. The van der Waals surface area contributed by atoms with Gasteiger partial charge in [-0.25, -0.2) is 0 Å². The second kappa shape index (κ2) is 10.0. The SMILES string of the molecule is Cl.Cl.NCCC1CCCN(C(=O)CCn2cccn2)C1. The van der Waals surface area contributed by atoms with E-state index in [0.717, 1.165) is 32.5 Å². The molecule has 1 unspecified atom stereocenters. The summed E-state index contributed by atoms with van der Waals surface area (Å²) < 4.78 is 1.80. The second-order valence-electron chi connectivity index (χ2n) is 4.94. The molecule has 1 saturated heterocycles. The van der Waals surface area contributed by atoms with Gasteiger partial charge in [0.05, 0.1) is 0 Å². The molecule has 116 valence electrons. The summed E-state index contributed by atoms with van der Waals surface area (Å²) in [4.78, 5) is 14.1. The quantitative estimate of drug-likeness (QED) is 0.897. The maximum Gasteiger partial charge on any atom is 0.224 e. The molecule has 2 heterocycles.